The molecule has 8 aromatic rings. The van der Waals surface area contributed by atoms with E-state index in [1.165, 1.54) is 58.9 Å². The molecule has 1 aromatic heterocycles. The Labute approximate surface area is 249 Å². The number of thiophene rings is 1. The van der Waals surface area contributed by atoms with Crippen molar-refractivity contribution in [2.75, 3.05) is 4.90 Å². The van der Waals surface area contributed by atoms with Crippen LogP contribution in [0, 0.1) is 0 Å². The van der Waals surface area contributed by atoms with Gasteiger partial charge in [0, 0.05) is 31.5 Å². The Morgan fingerprint density at radius 3 is 1.71 bits per heavy atom. The van der Waals surface area contributed by atoms with Crippen molar-refractivity contribution in [3.05, 3.63) is 164 Å². The lowest BCUT2D eigenvalue weighted by atomic mass is 9.99. The van der Waals surface area contributed by atoms with Gasteiger partial charge in [-0.1, -0.05) is 133 Å². The van der Waals surface area contributed by atoms with Crippen molar-refractivity contribution in [3.63, 3.8) is 0 Å². The number of para-hydroxylation sites is 1. The second kappa shape index (κ2) is 10.3. The molecule has 0 unspecified atom stereocenters. The monoisotopic (exact) mass is 553 g/mol. The van der Waals surface area contributed by atoms with E-state index < -0.39 is 0 Å². The van der Waals surface area contributed by atoms with E-state index in [9.17, 15) is 0 Å². The second-order valence-electron chi connectivity index (χ2n) is 10.6. The zero-order valence-corrected chi connectivity index (χ0v) is 23.8. The highest BCUT2D eigenvalue weighted by molar-refractivity contribution is 7.27. The van der Waals surface area contributed by atoms with Crippen molar-refractivity contribution in [1.29, 1.82) is 0 Å². The van der Waals surface area contributed by atoms with Crippen LogP contribution in [0.25, 0.3) is 53.2 Å². The molecule has 0 aliphatic rings. The molecule has 0 radical (unpaired) electrons. The summed E-state index contributed by atoms with van der Waals surface area (Å²) >= 11 is 1.91. The first-order chi connectivity index (χ1) is 20.8. The zero-order valence-electron chi connectivity index (χ0n) is 22.9. The van der Waals surface area contributed by atoms with E-state index in [2.05, 4.69) is 169 Å². The van der Waals surface area contributed by atoms with Crippen molar-refractivity contribution in [2.45, 2.75) is 0 Å². The molecule has 2 heteroatoms. The minimum atomic E-state index is 1.13. The van der Waals surface area contributed by atoms with Crippen LogP contribution in [0.4, 0.5) is 17.1 Å². The summed E-state index contributed by atoms with van der Waals surface area (Å²) in [6.45, 7) is 0. The van der Waals surface area contributed by atoms with E-state index in [1.807, 2.05) is 11.3 Å². The van der Waals surface area contributed by atoms with Gasteiger partial charge in [-0.3, -0.25) is 0 Å². The fourth-order valence-electron chi connectivity index (χ4n) is 6.06. The third kappa shape index (κ3) is 4.16. The van der Waals surface area contributed by atoms with E-state index >= 15 is 0 Å². The minimum absolute atomic E-state index is 1.13. The van der Waals surface area contributed by atoms with Gasteiger partial charge in [0.05, 0.1) is 5.69 Å². The number of fused-ring (bicyclic) bond motifs is 5. The fourth-order valence-corrected chi connectivity index (χ4v) is 7.45. The molecule has 0 aliphatic carbocycles. The molecule has 0 N–H and O–H groups in total. The molecule has 0 bridgehead atoms. The van der Waals surface area contributed by atoms with Crippen molar-refractivity contribution in [1.82, 2.24) is 0 Å². The Balaban J connectivity index is 1.42. The normalized spacial score (nSPS) is 11.3. The van der Waals surface area contributed by atoms with Gasteiger partial charge in [0.25, 0.3) is 0 Å². The van der Waals surface area contributed by atoms with Crippen LogP contribution in [0.3, 0.4) is 0 Å². The molecular formula is C40H27NS. The van der Waals surface area contributed by atoms with Gasteiger partial charge in [-0.25, -0.2) is 0 Å². The molecule has 8 rings (SSSR count). The lowest BCUT2D eigenvalue weighted by Crippen LogP contribution is -2.10. The maximum atomic E-state index is 2.41. The number of rotatable bonds is 5. The molecule has 0 saturated carbocycles. The summed E-state index contributed by atoms with van der Waals surface area (Å²) in [5, 5.41) is 5.16. The third-order valence-corrected chi connectivity index (χ3v) is 9.33. The average Bonchev–Trinajstić information content (AvgIpc) is 3.47. The van der Waals surface area contributed by atoms with Crippen LogP contribution < -0.4 is 4.90 Å². The van der Waals surface area contributed by atoms with Gasteiger partial charge in [0.15, 0.2) is 0 Å². The largest absolute Gasteiger partial charge is 0.310 e. The van der Waals surface area contributed by atoms with Gasteiger partial charge in [-0.2, -0.15) is 0 Å². The zero-order chi connectivity index (χ0) is 27.9. The van der Waals surface area contributed by atoms with E-state index in [0.717, 1.165) is 11.4 Å². The lowest BCUT2D eigenvalue weighted by molar-refractivity contribution is 1.30. The maximum absolute atomic E-state index is 2.41. The highest BCUT2D eigenvalue weighted by Crippen LogP contribution is 2.49. The summed E-state index contributed by atoms with van der Waals surface area (Å²) < 4.78 is 2.65. The summed E-state index contributed by atoms with van der Waals surface area (Å²) in [6.07, 6.45) is 0. The Kier molecular flexibility index (Phi) is 6.05. The second-order valence-corrected chi connectivity index (χ2v) is 11.6. The number of benzene rings is 7. The summed E-state index contributed by atoms with van der Waals surface area (Å²) in [7, 11) is 0. The molecule has 1 nitrogen and oxygen atoms in total. The first-order valence-electron chi connectivity index (χ1n) is 14.3. The number of hydrogen-bond donors (Lipinski definition) is 0. The smallest absolute Gasteiger partial charge is 0.0555 e. The summed E-state index contributed by atoms with van der Waals surface area (Å²) in [6, 6.07) is 59.0. The van der Waals surface area contributed by atoms with Gasteiger partial charge < -0.3 is 4.90 Å². The Morgan fingerprint density at radius 2 is 0.976 bits per heavy atom. The van der Waals surface area contributed by atoms with Crippen molar-refractivity contribution in [3.8, 4) is 22.3 Å². The summed E-state index contributed by atoms with van der Waals surface area (Å²) in [5.74, 6) is 0. The summed E-state index contributed by atoms with van der Waals surface area (Å²) in [5.41, 5.74) is 8.40. The highest BCUT2D eigenvalue weighted by atomic mass is 32.1. The molecule has 0 aliphatic heterocycles. The topological polar surface area (TPSA) is 3.24 Å². The first-order valence-corrected chi connectivity index (χ1v) is 15.1. The van der Waals surface area contributed by atoms with E-state index in [-0.39, 0.29) is 0 Å². The van der Waals surface area contributed by atoms with E-state index in [4.69, 9.17) is 0 Å². The average molecular weight is 554 g/mol. The van der Waals surface area contributed by atoms with Crippen molar-refractivity contribution < 1.29 is 0 Å². The van der Waals surface area contributed by atoms with E-state index in [1.54, 1.807) is 0 Å². The van der Waals surface area contributed by atoms with Gasteiger partial charge in [0.2, 0.25) is 0 Å². The number of nitrogens with zero attached hydrogens (tertiary/aromatic N) is 1. The molecule has 7 aromatic carbocycles. The van der Waals surface area contributed by atoms with Crippen LogP contribution in [-0.2, 0) is 0 Å². The van der Waals surface area contributed by atoms with E-state index in [0.29, 0.717) is 0 Å². The quantitative estimate of drug-likeness (QED) is 0.205. The minimum Gasteiger partial charge on any atom is -0.310 e. The van der Waals surface area contributed by atoms with Gasteiger partial charge in [0.1, 0.15) is 0 Å². The van der Waals surface area contributed by atoms with Crippen LogP contribution in [0.15, 0.2) is 164 Å². The van der Waals surface area contributed by atoms with Crippen LogP contribution in [-0.4, -0.2) is 0 Å². The predicted molar refractivity (Wildman–Crippen MR) is 182 cm³/mol. The molecule has 42 heavy (non-hydrogen) atoms. The van der Waals surface area contributed by atoms with Crippen LogP contribution >= 0.6 is 11.3 Å². The Bertz CT molecular complexity index is 2160. The molecule has 0 spiro atoms. The maximum Gasteiger partial charge on any atom is 0.0555 e. The SMILES string of the molecule is c1ccc(-c2ccc(N(c3ccccc3)c3ccc(-c4ccccc4)c4sc5c6ccccc6ccc5c34)cc2)cc1. The molecule has 198 valence electrons. The molecule has 0 atom stereocenters. The van der Waals surface area contributed by atoms with Crippen LogP contribution in [0.5, 0.6) is 0 Å². The van der Waals surface area contributed by atoms with Crippen LogP contribution in [0.2, 0.25) is 0 Å². The van der Waals surface area contributed by atoms with Gasteiger partial charge in [-0.05, 0) is 63.4 Å². The van der Waals surface area contributed by atoms with Gasteiger partial charge in [-0.15, -0.1) is 11.3 Å². The standard InChI is InChI=1S/C40H27NS/c1-4-12-28(13-5-1)29-20-23-33(24-21-29)41(32-17-8-3-9-18-32)37-27-26-35(30-14-6-2-7-15-30)40-38(37)36-25-22-31-16-10-11-19-34(31)39(36)42-40/h1-27H. The number of anilines is 3. The lowest BCUT2D eigenvalue weighted by Gasteiger charge is -2.27. The molecule has 0 saturated heterocycles. The first kappa shape index (κ1) is 24.6. The molecule has 0 amide bonds. The Hall–Kier alpha value is -5.18. The van der Waals surface area contributed by atoms with Crippen molar-refractivity contribution in [2.24, 2.45) is 0 Å². The fraction of sp³-hybridized carbons (Fsp3) is 0. The van der Waals surface area contributed by atoms with Crippen LogP contribution in [0.1, 0.15) is 0 Å². The predicted octanol–water partition coefficient (Wildman–Crippen LogP) is 12.0. The van der Waals surface area contributed by atoms with Crippen molar-refractivity contribution >= 4 is 59.3 Å². The Morgan fingerprint density at radius 1 is 0.381 bits per heavy atom. The summed E-state index contributed by atoms with van der Waals surface area (Å²) in [4.78, 5) is 2.41. The van der Waals surface area contributed by atoms with Gasteiger partial charge >= 0.3 is 0 Å². The highest BCUT2D eigenvalue weighted by Gasteiger charge is 2.21. The number of hydrogen-bond acceptors (Lipinski definition) is 2. The molecule has 1 heterocycles. The molecule has 0 fully saturated rings. The molecular weight excluding hydrogens is 527 g/mol. The third-order valence-electron chi connectivity index (χ3n) is 8.06.